The summed E-state index contributed by atoms with van der Waals surface area (Å²) in [7, 11) is 1.57. The van der Waals surface area contributed by atoms with Crippen molar-refractivity contribution in [1.82, 2.24) is 25.2 Å². The van der Waals surface area contributed by atoms with Crippen LogP contribution in [0.15, 0.2) is 18.3 Å². The maximum Gasteiger partial charge on any atom is 0.273 e. The second-order valence-electron chi connectivity index (χ2n) is 6.15. The number of nitrogens with one attached hydrogen (secondary N) is 1. The molecule has 2 amide bonds. The Morgan fingerprint density at radius 1 is 1.33 bits per heavy atom. The highest BCUT2D eigenvalue weighted by molar-refractivity contribution is 6.33. The van der Waals surface area contributed by atoms with Gasteiger partial charge in [-0.3, -0.25) is 9.59 Å². The molecule has 0 saturated carbocycles. The molecule has 1 aromatic carbocycles. The van der Waals surface area contributed by atoms with Gasteiger partial charge in [-0.25, -0.2) is 8.78 Å². The number of hydrogen-bond donors (Lipinski definition) is 2. The van der Waals surface area contributed by atoms with Gasteiger partial charge < -0.3 is 15.3 Å². The van der Waals surface area contributed by atoms with Crippen molar-refractivity contribution in [3.05, 3.63) is 46.2 Å². The van der Waals surface area contributed by atoms with Gasteiger partial charge in [0.15, 0.2) is 17.3 Å². The maximum atomic E-state index is 13.4. The fourth-order valence-corrected chi connectivity index (χ4v) is 3.06. The second-order valence-corrected chi connectivity index (χ2v) is 6.56. The topological polar surface area (TPSA) is 100 Å². The second kappa shape index (κ2) is 7.57. The Morgan fingerprint density at radius 2 is 2.04 bits per heavy atom. The summed E-state index contributed by atoms with van der Waals surface area (Å²) in [5.74, 6) is -3.45. The molecule has 0 spiro atoms. The van der Waals surface area contributed by atoms with Crippen LogP contribution >= 0.6 is 11.6 Å². The van der Waals surface area contributed by atoms with Gasteiger partial charge in [0.2, 0.25) is 0 Å². The molecule has 11 heteroatoms. The van der Waals surface area contributed by atoms with Crippen molar-refractivity contribution >= 4 is 23.4 Å². The van der Waals surface area contributed by atoms with Gasteiger partial charge in [-0.2, -0.15) is 9.90 Å². The highest BCUT2D eigenvalue weighted by atomic mass is 35.5. The lowest BCUT2D eigenvalue weighted by Gasteiger charge is -2.36. The van der Waals surface area contributed by atoms with E-state index in [1.165, 1.54) is 15.9 Å². The fraction of sp³-hybridized carbons (Fsp3) is 0.375. The maximum absolute atomic E-state index is 13.4. The van der Waals surface area contributed by atoms with Gasteiger partial charge in [-0.05, 0) is 18.6 Å². The molecule has 0 bridgehead atoms. The van der Waals surface area contributed by atoms with E-state index in [1.807, 2.05) is 0 Å². The highest BCUT2D eigenvalue weighted by Gasteiger charge is 2.33. The summed E-state index contributed by atoms with van der Waals surface area (Å²) in [5, 5.41) is 20.4. The fourth-order valence-electron chi connectivity index (χ4n) is 2.83. The zero-order valence-corrected chi connectivity index (χ0v) is 15.0. The van der Waals surface area contributed by atoms with E-state index in [0.29, 0.717) is 0 Å². The molecule has 2 aromatic rings. The lowest BCUT2D eigenvalue weighted by Crippen LogP contribution is -2.55. The number of benzene rings is 1. The van der Waals surface area contributed by atoms with Crippen LogP contribution < -0.4 is 5.32 Å². The molecule has 1 saturated heterocycles. The summed E-state index contributed by atoms with van der Waals surface area (Å²) in [6.07, 6.45) is 0.512. The van der Waals surface area contributed by atoms with Crippen LogP contribution in [0.3, 0.4) is 0 Å². The first-order valence-corrected chi connectivity index (χ1v) is 8.43. The van der Waals surface area contributed by atoms with E-state index in [-0.39, 0.29) is 35.8 Å². The summed E-state index contributed by atoms with van der Waals surface area (Å²) in [6, 6.07) is 0.868. The number of aliphatic hydroxyl groups is 1. The van der Waals surface area contributed by atoms with Gasteiger partial charge in [0.05, 0.1) is 28.9 Å². The van der Waals surface area contributed by atoms with Crippen LogP contribution in [0, 0.1) is 11.6 Å². The average Bonchev–Trinajstić information content (AvgIpc) is 3.06. The first kappa shape index (κ1) is 19.2. The molecule has 0 radical (unpaired) electrons. The lowest BCUT2D eigenvalue weighted by atomic mass is 10.0. The van der Waals surface area contributed by atoms with Gasteiger partial charge >= 0.3 is 0 Å². The average molecular weight is 400 g/mol. The molecule has 1 aromatic heterocycles. The number of aryl methyl sites for hydroxylation is 1. The number of piperidine rings is 1. The van der Waals surface area contributed by atoms with Gasteiger partial charge in [0.25, 0.3) is 11.8 Å². The first-order valence-electron chi connectivity index (χ1n) is 8.05. The molecule has 8 nitrogen and oxygen atoms in total. The largest absolute Gasteiger partial charge is 0.389 e. The Hall–Kier alpha value is -2.59. The standard InChI is InChI=1S/C16H16ClF2N5O3/c1-23-20-6-13(22-23)15(26)21-12-2-3-24(7-14(12)25)16(27)8-4-10(18)11(19)5-9(8)17/h4-6,12,14,25H,2-3,7H2,1H3,(H,21,26). The molecular formula is C16H16ClF2N5O3. The summed E-state index contributed by atoms with van der Waals surface area (Å²) in [4.78, 5) is 27.1. The summed E-state index contributed by atoms with van der Waals surface area (Å²) >= 11 is 5.83. The van der Waals surface area contributed by atoms with Gasteiger partial charge in [-0.15, -0.1) is 5.10 Å². The molecule has 0 aliphatic carbocycles. The molecule has 1 aliphatic rings. The molecule has 2 unspecified atom stereocenters. The minimum Gasteiger partial charge on any atom is -0.389 e. The van der Waals surface area contributed by atoms with Gasteiger partial charge in [-0.1, -0.05) is 11.6 Å². The Morgan fingerprint density at radius 3 is 2.67 bits per heavy atom. The smallest absolute Gasteiger partial charge is 0.273 e. The van der Waals surface area contributed by atoms with E-state index in [4.69, 9.17) is 11.6 Å². The number of rotatable bonds is 3. The third-order valence-electron chi connectivity index (χ3n) is 4.26. The number of amides is 2. The molecule has 2 atom stereocenters. The van der Waals surface area contributed by atoms with E-state index in [1.54, 1.807) is 7.05 Å². The van der Waals surface area contributed by atoms with Crippen molar-refractivity contribution in [3.8, 4) is 0 Å². The van der Waals surface area contributed by atoms with Crippen molar-refractivity contribution in [3.63, 3.8) is 0 Å². The molecule has 3 rings (SSSR count). The van der Waals surface area contributed by atoms with Crippen LogP contribution in [0.5, 0.6) is 0 Å². The van der Waals surface area contributed by atoms with E-state index >= 15 is 0 Å². The van der Waals surface area contributed by atoms with Crippen LogP contribution in [0.4, 0.5) is 8.78 Å². The first-order chi connectivity index (χ1) is 12.8. The number of aliphatic hydroxyl groups excluding tert-OH is 1. The zero-order chi connectivity index (χ0) is 19.7. The van der Waals surface area contributed by atoms with Crippen molar-refractivity contribution < 1.29 is 23.5 Å². The Balaban J connectivity index is 1.65. The van der Waals surface area contributed by atoms with Crippen molar-refractivity contribution in [2.24, 2.45) is 7.05 Å². The van der Waals surface area contributed by atoms with Crippen molar-refractivity contribution in [1.29, 1.82) is 0 Å². The predicted molar refractivity (Wildman–Crippen MR) is 90.2 cm³/mol. The van der Waals surface area contributed by atoms with Crippen LogP contribution in [0.1, 0.15) is 27.3 Å². The number of halogens is 3. The quantitative estimate of drug-likeness (QED) is 0.742. The van der Waals surface area contributed by atoms with Crippen molar-refractivity contribution in [2.45, 2.75) is 18.6 Å². The molecule has 2 heterocycles. The summed E-state index contributed by atoms with van der Waals surface area (Å²) in [5.41, 5.74) is -0.0819. The normalized spacial score (nSPS) is 19.8. The van der Waals surface area contributed by atoms with Crippen LogP contribution in [0.2, 0.25) is 5.02 Å². The zero-order valence-electron chi connectivity index (χ0n) is 14.2. The number of nitrogens with zero attached hydrogens (tertiary/aromatic N) is 4. The van der Waals surface area contributed by atoms with Gasteiger partial charge in [0.1, 0.15) is 0 Å². The van der Waals surface area contributed by atoms with E-state index < -0.39 is 35.6 Å². The number of carbonyl (C=O) groups is 2. The predicted octanol–water partition coefficient (Wildman–Crippen LogP) is 0.752. The minimum absolute atomic E-state index is 0.0976. The third-order valence-corrected chi connectivity index (χ3v) is 4.57. The Bertz CT molecular complexity index is 891. The van der Waals surface area contributed by atoms with E-state index in [2.05, 4.69) is 15.5 Å². The van der Waals surface area contributed by atoms with Gasteiger partial charge in [0, 0.05) is 20.1 Å². The SMILES string of the molecule is Cn1ncc(C(=O)NC2CCN(C(=O)c3cc(F)c(F)cc3Cl)CC2O)n1. The summed E-state index contributed by atoms with van der Waals surface area (Å²) in [6.45, 7) is 0.0935. The number of likely N-dealkylation sites (tertiary alicyclic amines) is 1. The molecule has 27 heavy (non-hydrogen) atoms. The number of β-amino-alcohol motifs (C(OH)–C–C–N with tert-alkyl or cyclic N) is 1. The molecular weight excluding hydrogens is 384 g/mol. The number of carbonyl (C=O) groups excluding carboxylic acids is 2. The molecule has 144 valence electrons. The summed E-state index contributed by atoms with van der Waals surface area (Å²) < 4.78 is 26.6. The number of aromatic nitrogens is 3. The number of hydrogen-bond acceptors (Lipinski definition) is 5. The monoisotopic (exact) mass is 399 g/mol. The Labute approximate surface area is 157 Å². The third kappa shape index (κ3) is 4.06. The van der Waals surface area contributed by atoms with Crippen LogP contribution in [-0.2, 0) is 7.05 Å². The minimum atomic E-state index is -1.19. The lowest BCUT2D eigenvalue weighted by molar-refractivity contribution is 0.0314. The molecule has 1 fully saturated rings. The van der Waals surface area contributed by atoms with E-state index in [0.717, 1.165) is 12.1 Å². The van der Waals surface area contributed by atoms with Crippen LogP contribution in [0.25, 0.3) is 0 Å². The highest BCUT2D eigenvalue weighted by Crippen LogP contribution is 2.23. The van der Waals surface area contributed by atoms with E-state index in [9.17, 15) is 23.5 Å². The molecule has 1 aliphatic heterocycles. The molecule has 2 N–H and O–H groups in total. The van der Waals surface area contributed by atoms with Crippen LogP contribution in [-0.4, -0.2) is 62.0 Å². The Kier molecular flexibility index (Phi) is 5.38. The van der Waals surface area contributed by atoms with Crippen molar-refractivity contribution in [2.75, 3.05) is 13.1 Å².